The lowest BCUT2D eigenvalue weighted by Crippen LogP contribution is -2.26. The Labute approximate surface area is 215 Å². The first-order valence-corrected chi connectivity index (χ1v) is 11.8. The molecule has 0 atom stereocenters. The Kier molecular flexibility index (Phi) is 6.72. The molecule has 3 aromatic carbocycles. The van der Waals surface area contributed by atoms with Gasteiger partial charge in [-0.05, 0) is 42.5 Å². The normalized spacial score (nSPS) is 10.8. The number of hydrogen-bond acceptors (Lipinski definition) is 5. The second kappa shape index (κ2) is 10.4. The van der Waals surface area contributed by atoms with Gasteiger partial charge in [-0.25, -0.2) is 9.36 Å². The number of benzene rings is 3. The van der Waals surface area contributed by atoms with Crippen LogP contribution in [0.25, 0.3) is 22.6 Å². The third-order valence-electron chi connectivity index (χ3n) is 6.05. The molecule has 8 nitrogen and oxygen atoms in total. The monoisotopic (exact) mass is 493 g/mol. The van der Waals surface area contributed by atoms with Gasteiger partial charge < -0.3 is 14.4 Å². The van der Waals surface area contributed by atoms with Crippen LogP contribution in [0.2, 0.25) is 0 Å². The summed E-state index contributed by atoms with van der Waals surface area (Å²) in [7, 11) is 4.97. The van der Waals surface area contributed by atoms with E-state index in [9.17, 15) is 4.79 Å². The maximum absolute atomic E-state index is 13.8. The van der Waals surface area contributed by atoms with Gasteiger partial charge >= 0.3 is 0 Å². The smallest absolute Gasteiger partial charge is 0.257 e. The summed E-state index contributed by atoms with van der Waals surface area (Å²) in [4.78, 5) is 15.5. The Balaban J connectivity index is 1.50. The molecule has 0 aliphatic carbocycles. The van der Waals surface area contributed by atoms with Gasteiger partial charge in [0.2, 0.25) is 0 Å². The van der Waals surface area contributed by atoms with Crippen molar-refractivity contribution in [1.82, 2.24) is 24.5 Å². The van der Waals surface area contributed by atoms with Gasteiger partial charge in [0.25, 0.3) is 5.91 Å². The highest BCUT2D eigenvalue weighted by Crippen LogP contribution is 2.35. The molecule has 0 saturated heterocycles. The molecule has 0 aliphatic heterocycles. The van der Waals surface area contributed by atoms with Crippen LogP contribution in [0.4, 0.5) is 0 Å². The van der Waals surface area contributed by atoms with Crippen molar-refractivity contribution in [1.29, 1.82) is 0 Å². The first-order chi connectivity index (χ1) is 18.1. The van der Waals surface area contributed by atoms with E-state index in [1.165, 1.54) is 0 Å². The summed E-state index contributed by atoms with van der Waals surface area (Å²) in [5.41, 5.74) is 4.35. The van der Waals surface area contributed by atoms with Crippen LogP contribution in [0.15, 0.2) is 97.5 Å². The van der Waals surface area contributed by atoms with E-state index in [0.717, 1.165) is 16.9 Å². The zero-order valence-electron chi connectivity index (χ0n) is 20.9. The molecule has 0 saturated carbocycles. The maximum atomic E-state index is 13.8. The number of para-hydroxylation sites is 2. The van der Waals surface area contributed by atoms with Crippen LogP contribution >= 0.6 is 0 Å². The van der Waals surface area contributed by atoms with Crippen LogP contribution in [0, 0.1) is 0 Å². The van der Waals surface area contributed by atoms with E-state index in [4.69, 9.17) is 14.6 Å². The molecule has 37 heavy (non-hydrogen) atoms. The van der Waals surface area contributed by atoms with E-state index < -0.39 is 0 Å². The molecular weight excluding hydrogens is 466 g/mol. The summed E-state index contributed by atoms with van der Waals surface area (Å²) in [6.07, 6.45) is 5.46. The number of carbonyl (C=O) groups is 1. The number of hydrogen-bond donors (Lipinski definition) is 0. The lowest BCUT2D eigenvalue weighted by Gasteiger charge is -2.17. The van der Waals surface area contributed by atoms with Gasteiger partial charge in [0, 0.05) is 37.1 Å². The van der Waals surface area contributed by atoms with Crippen LogP contribution in [-0.2, 0) is 6.54 Å². The summed E-state index contributed by atoms with van der Waals surface area (Å²) < 4.78 is 14.6. The minimum atomic E-state index is -0.172. The molecule has 5 aromatic rings. The van der Waals surface area contributed by atoms with Gasteiger partial charge in [-0.2, -0.15) is 10.2 Å². The molecule has 0 bridgehead atoms. The van der Waals surface area contributed by atoms with Crippen molar-refractivity contribution in [3.63, 3.8) is 0 Å². The lowest BCUT2D eigenvalue weighted by atomic mass is 10.1. The second-order valence-corrected chi connectivity index (χ2v) is 8.53. The highest BCUT2D eigenvalue weighted by molar-refractivity contribution is 6.00. The van der Waals surface area contributed by atoms with Gasteiger partial charge in [0.1, 0.15) is 17.2 Å². The van der Waals surface area contributed by atoms with Crippen LogP contribution in [0.3, 0.4) is 0 Å². The predicted molar refractivity (Wildman–Crippen MR) is 141 cm³/mol. The van der Waals surface area contributed by atoms with E-state index >= 15 is 0 Å². The molecule has 8 heteroatoms. The summed E-state index contributed by atoms with van der Waals surface area (Å²) in [5, 5.41) is 9.26. The highest BCUT2D eigenvalue weighted by atomic mass is 16.5. The van der Waals surface area contributed by atoms with Crippen LogP contribution in [0.1, 0.15) is 15.9 Å². The number of carbonyl (C=O) groups excluding carboxylic acids is 1. The zero-order valence-corrected chi connectivity index (χ0v) is 20.9. The Morgan fingerprint density at radius 1 is 0.865 bits per heavy atom. The number of aromatic nitrogens is 4. The Hall–Kier alpha value is -4.85. The average Bonchev–Trinajstić information content (AvgIpc) is 3.61. The Bertz CT molecular complexity index is 1510. The van der Waals surface area contributed by atoms with Crippen molar-refractivity contribution in [3.8, 4) is 34.1 Å². The third kappa shape index (κ3) is 4.95. The van der Waals surface area contributed by atoms with Gasteiger partial charge in [-0.1, -0.05) is 36.4 Å². The molecule has 5 rings (SSSR count). The first kappa shape index (κ1) is 23.9. The molecule has 0 aliphatic rings. The van der Waals surface area contributed by atoms with Crippen LogP contribution < -0.4 is 9.47 Å². The molecule has 186 valence electrons. The van der Waals surface area contributed by atoms with E-state index in [0.29, 0.717) is 34.9 Å². The number of rotatable bonds is 8. The van der Waals surface area contributed by atoms with Crippen molar-refractivity contribution < 1.29 is 14.3 Å². The average molecular weight is 494 g/mol. The topological polar surface area (TPSA) is 74.4 Å². The van der Waals surface area contributed by atoms with Crippen molar-refractivity contribution in [2.24, 2.45) is 0 Å². The summed E-state index contributed by atoms with van der Waals surface area (Å²) in [5.74, 6) is 1.07. The fourth-order valence-electron chi connectivity index (χ4n) is 4.16. The number of amides is 1. The highest BCUT2D eigenvalue weighted by Gasteiger charge is 2.24. The molecule has 1 amide bonds. The Morgan fingerprint density at radius 3 is 2.19 bits per heavy atom. The number of nitrogens with zero attached hydrogens (tertiary/aromatic N) is 5. The summed E-state index contributed by atoms with van der Waals surface area (Å²) in [6.45, 7) is 0.386. The summed E-state index contributed by atoms with van der Waals surface area (Å²) in [6, 6.07) is 25.0. The van der Waals surface area contributed by atoms with Crippen molar-refractivity contribution in [3.05, 3.63) is 109 Å². The van der Waals surface area contributed by atoms with Gasteiger partial charge in [-0.3, -0.25) is 4.79 Å². The van der Waals surface area contributed by atoms with E-state index in [2.05, 4.69) is 5.10 Å². The van der Waals surface area contributed by atoms with E-state index in [1.54, 1.807) is 47.9 Å². The second-order valence-electron chi connectivity index (χ2n) is 8.53. The molecule has 2 aromatic heterocycles. The lowest BCUT2D eigenvalue weighted by molar-refractivity contribution is 0.0786. The predicted octanol–water partition coefficient (Wildman–Crippen LogP) is 5.01. The minimum absolute atomic E-state index is 0.172. The molecule has 0 fully saturated rings. The third-order valence-corrected chi connectivity index (χ3v) is 6.05. The van der Waals surface area contributed by atoms with Gasteiger partial charge in [0.15, 0.2) is 0 Å². The SMILES string of the molecule is COc1ccc(OC)c(-c2nn(-c3ccccc3)cc2C(=O)N(C)Cc2cnn(-c3ccccc3)c2)c1. The Morgan fingerprint density at radius 2 is 1.54 bits per heavy atom. The molecule has 0 N–H and O–H groups in total. The molecular formula is C29H27N5O3. The number of ether oxygens (including phenoxy) is 2. The first-order valence-electron chi connectivity index (χ1n) is 11.8. The van der Waals surface area contributed by atoms with Crippen LogP contribution in [-0.4, -0.2) is 51.6 Å². The fourth-order valence-corrected chi connectivity index (χ4v) is 4.16. The largest absolute Gasteiger partial charge is 0.497 e. The fraction of sp³-hybridized carbons (Fsp3) is 0.138. The quantitative estimate of drug-likeness (QED) is 0.304. The van der Waals surface area contributed by atoms with E-state index in [-0.39, 0.29) is 5.91 Å². The van der Waals surface area contributed by atoms with Crippen LogP contribution in [0.5, 0.6) is 11.5 Å². The maximum Gasteiger partial charge on any atom is 0.257 e. The van der Waals surface area contributed by atoms with Crippen molar-refractivity contribution in [2.45, 2.75) is 6.54 Å². The molecule has 2 heterocycles. The molecule has 0 spiro atoms. The number of methoxy groups -OCH3 is 2. The van der Waals surface area contributed by atoms with E-state index in [1.807, 2.05) is 85.1 Å². The minimum Gasteiger partial charge on any atom is -0.497 e. The van der Waals surface area contributed by atoms with Gasteiger partial charge in [-0.15, -0.1) is 0 Å². The zero-order chi connectivity index (χ0) is 25.8. The standard InChI is InChI=1S/C29H27N5O3/c1-32(18-21-17-30-33(19-21)22-10-6-4-7-11-22)29(35)26-20-34(23-12-8-5-9-13-23)31-28(26)25-16-24(36-2)14-15-27(25)37-3/h4-17,19-20H,18H2,1-3H3. The van der Waals surface area contributed by atoms with Gasteiger partial charge in [0.05, 0.1) is 37.4 Å². The summed E-state index contributed by atoms with van der Waals surface area (Å²) >= 11 is 0. The van der Waals surface area contributed by atoms with Crippen molar-refractivity contribution >= 4 is 5.91 Å². The molecule has 0 radical (unpaired) electrons. The van der Waals surface area contributed by atoms with Crippen molar-refractivity contribution in [2.75, 3.05) is 21.3 Å². The molecule has 0 unspecified atom stereocenters.